The standard InChI is InChI=1S/C16H20N2O2S/c1-17-10-13-5-3-6-14(9-13)20-12-16(19)18(2)11-15-7-4-8-21-15/h3-9,17H,10-12H2,1-2H3. The van der Waals surface area contributed by atoms with E-state index in [1.807, 2.05) is 48.8 Å². The summed E-state index contributed by atoms with van der Waals surface area (Å²) in [5.74, 6) is 0.697. The molecule has 0 atom stereocenters. The van der Waals surface area contributed by atoms with Crippen molar-refractivity contribution in [2.24, 2.45) is 0 Å². The van der Waals surface area contributed by atoms with Crippen molar-refractivity contribution in [2.45, 2.75) is 13.1 Å². The van der Waals surface area contributed by atoms with Gasteiger partial charge in [-0.2, -0.15) is 0 Å². The lowest BCUT2D eigenvalue weighted by atomic mass is 10.2. The second-order valence-electron chi connectivity index (χ2n) is 4.80. The normalized spacial score (nSPS) is 10.4. The Kier molecular flexibility index (Phi) is 5.78. The van der Waals surface area contributed by atoms with Crippen LogP contribution in [0.2, 0.25) is 0 Å². The fourth-order valence-electron chi connectivity index (χ4n) is 1.93. The highest BCUT2D eigenvalue weighted by Crippen LogP contribution is 2.14. The fourth-order valence-corrected chi connectivity index (χ4v) is 2.69. The summed E-state index contributed by atoms with van der Waals surface area (Å²) in [6.07, 6.45) is 0. The number of likely N-dealkylation sites (N-methyl/N-ethyl adjacent to an activating group) is 1. The van der Waals surface area contributed by atoms with Crippen molar-refractivity contribution >= 4 is 17.2 Å². The Bertz CT molecular complexity index is 569. The zero-order valence-corrected chi connectivity index (χ0v) is 13.2. The molecule has 1 amide bonds. The van der Waals surface area contributed by atoms with Crippen LogP contribution in [0.15, 0.2) is 41.8 Å². The van der Waals surface area contributed by atoms with Crippen molar-refractivity contribution in [3.8, 4) is 5.75 Å². The van der Waals surface area contributed by atoms with E-state index in [2.05, 4.69) is 5.32 Å². The number of nitrogens with zero attached hydrogens (tertiary/aromatic N) is 1. The van der Waals surface area contributed by atoms with E-state index in [9.17, 15) is 4.79 Å². The van der Waals surface area contributed by atoms with Gasteiger partial charge in [-0.3, -0.25) is 4.79 Å². The van der Waals surface area contributed by atoms with Crippen molar-refractivity contribution in [2.75, 3.05) is 20.7 Å². The van der Waals surface area contributed by atoms with Crippen LogP contribution in [-0.2, 0) is 17.9 Å². The Hall–Kier alpha value is -1.85. The first kappa shape index (κ1) is 15.5. The van der Waals surface area contributed by atoms with E-state index in [1.165, 1.54) is 4.88 Å². The topological polar surface area (TPSA) is 41.6 Å². The summed E-state index contributed by atoms with van der Waals surface area (Å²) >= 11 is 1.65. The average Bonchev–Trinajstić information content (AvgIpc) is 2.98. The van der Waals surface area contributed by atoms with Crippen molar-refractivity contribution in [3.05, 3.63) is 52.2 Å². The fraction of sp³-hybridized carbons (Fsp3) is 0.312. The molecule has 0 saturated heterocycles. The van der Waals surface area contributed by atoms with Gasteiger partial charge in [-0.1, -0.05) is 18.2 Å². The van der Waals surface area contributed by atoms with Crippen LogP contribution in [0.25, 0.3) is 0 Å². The van der Waals surface area contributed by atoms with Crippen LogP contribution in [0.5, 0.6) is 5.75 Å². The Morgan fingerprint density at radius 2 is 2.19 bits per heavy atom. The number of carbonyl (C=O) groups excluding carboxylic acids is 1. The lowest BCUT2D eigenvalue weighted by Crippen LogP contribution is -2.30. The smallest absolute Gasteiger partial charge is 0.260 e. The summed E-state index contributed by atoms with van der Waals surface area (Å²) < 4.78 is 5.58. The highest BCUT2D eigenvalue weighted by atomic mass is 32.1. The number of hydrogen-bond acceptors (Lipinski definition) is 4. The predicted molar refractivity (Wildman–Crippen MR) is 85.5 cm³/mol. The molecule has 4 nitrogen and oxygen atoms in total. The maximum absolute atomic E-state index is 12.0. The first-order valence-electron chi connectivity index (χ1n) is 6.81. The van der Waals surface area contributed by atoms with E-state index >= 15 is 0 Å². The molecule has 0 aliphatic carbocycles. The molecule has 0 radical (unpaired) electrons. The Morgan fingerprint density at radius 1 is 1.33 bits per heavy atom. The molecular weight excluding hydrogens is 284 g/mol. The summed E-state index contributed by atoms with van der Waals surface area (Å²) in [6.45, 7) is 1.47. The summed E-state index contributed by atoms with van der Waals surface area (Å²) in [5.41, 5.74) is 1.13. The second kappa shape index (κ2) is 7.81. The third kappa shape index (κ3) is 4.88. The minimum atomic E-state index is -0.0255. The minimum absolute atomic E-state index is 0.0255. The van der Waals surface area contributed by atoms with Crippen LogP contribution in [0, 0.1) is 0 Å². The van der Waals surface area contributed by atoms with Gasteiger partial charge < -0.3 is 15.0 Å². The molecule has 0 saturated carbocycles. The van der Waals surface area contributed by atoms with Crippen molar-refractivity contribution in [1.82, 2.24) is 10.2 Å². The molecule has 0 aliphatic rings. The number of hydrogen-bond donors (Lipinski definition) is 1. The van der Waals surface area contributed by atoms with Gasteiger partial charge in [-0.05, 0) is 36.2 Å². The molecule has 0 aliphatic heterocycles. The molecule has 112 valence electrons. The third-order valence-electron chi connectivity index (χ3n) is 3.04. The Labute approximate surface area is 129 Å². The van der Waals surface area contributed by atoms with Gasteiger partial charge in [0, 0.05) is 18.5 Å². The van der Waals surface area contributed by atoms with Gasteiger partial charge in [0.05, 0.1) is 6.54 Å². The molecular formula is C16H20N2O2S. The van der Waals surface area contributed by atoms with Gasteiger partial charge in [0.1, 0.15) is 5.75 Å². The maximum atomic E-state index is 12.0. The van der Waals surface area contributed by atoms with Gasteiger partial charge in [0.2, 0.25) is 0 Å². The van der Waals surface area contributed by atoms with Crippen LogP contribution >= 0.6 is 11.3 Å². The summed E-state index contributed by atoms with van der Waals surface area (Å²) in [6, 6.07) is 11.8. The molecule has 0 bridgehead atoms. The van der Waals surface area contributed by atoms with E-state index in [1.54, 1.807) is 23.3 Å². The van der Waals surface area contributed by atoms with Gasteiger partial charge in [-0.15, -0.1) is 11.3 Å². The summed E-state index contributed by atoms with van der Waals surface area (Å²) in [5, 5.41) is 5.10. The molecule has 0 unspecified atom stereocenters. The van der Waals surface area contributed by atoms with Gasteiger partial charge in [0.15, 0.2) is 6.61 Å². The van der Waals surface area contributed by atoms with E-state index in [-0.39, 0.29) is 12.5 Å². The summed E-state index contributed by atoms with van der Waals surface area (Å²) in [4.78, 5) is 14.9. The number of carbonyl (C=O) groups is 1. The summed E-state index contributed by atoms with van der Waals surface area (Å²) in [7, 11) is 3.69. The van der Waals surface area contributed by atoms with E-state index in [0.29, 0.717) is 6.54 Å². The zero-order chi connectivity index (χ0) is 15.1. The number of benzene rings is 1. The maximum Gasteiger partial charge on any atom is 0.260 e. The lowest BCUT2D eigenvalue weighted by molar-refractivity contribution is -0.132. The molecule has 21 heavy (non-hydrogen) atoms. The van der Waals surface area contributed by atoms with E-state index in [4.69, 9.17) is 4.74 Å². The third-order valence-corrected chi connectivity index (χ3v) is 3.90. The molecule has 1 aromatic carbocycles. The van der Waals surface area contributed by atoms with Crippen LogP contribution < -0.4 is 10.1 Å². The molecule has 2 aromatic rings. The van der Waals surface area contributed by atoms with Crippen LogP contribution in [0.1, 0.15) is 10.4 Å². The highest BCUT2D eigenvalue weighted by Gasteiger charge is 2.10. The van der Waals surface area contributed by atoms with Crippen molar-refractivity contribution < 1.29 is 9.53 Å². The molecule has 0 spiro atoms. The first-order chi connectivity index (χ1) is 10.2. The number of thiophene rings is 1. The molecule has 1 aromatic heterocycles. The largest absolute Gasteiger partial charge is 0.484 e. The molecule has 1 heterocycles. The lowest BCUT2D eigenvalue weighted by Gasteiger charge is -2.16. The number of nitrogens with one attached hydrogen (secondary N) is 1. The average molecular weight is 304 g/mol. The van der Waals surface area contributed by atoms with Gasteiger partial charge >= 0.3 is 0 Å². The van der Waals surface area contributed by atoms with Crippen molar-refractivity contribution in [1.29, 1.82) is 0 Å². The minimum Gasteiger partial charge on any atom is -0.484 e. The zero-order valence-electron chi connectivity index (χ0n) is 12.3. The predicted octanol–water partition coefficient (Wildman–Crippen LogP) is 2.50. The van der Waals surface area contributed by atoms with E-state index in [0.717, 1.165) is 17.9 Å². The van der Waals surface area contributed by atoms with Crippen molar-refractivity contribution in [3.63, 3.8) is 0 Å². The molecule has 1 N–H and O–H groups in total. The highest BCUT2D eigenvalue weighted by molar-refractivity contribution is 7.09. The number of amides is 1. The first-order valence-corrected chi connectivity index (χ1v) is 7.69. The van der Waals surface area contributed by atoms with Gasteiger partial charge in [-0.25, -0.2) is 0 Å². The monoisotopic (exact) mass is 304 g/mol. The van der Waals surface area contributed by atoms with Crippen LogP contribution in [0.3, 0.4) is 0 Å². The molecule has 5 heteroatoms. The second-order valence-corrected chi connectivity index (χ2v) is 5.83. The van der Waals surface area contributed by atoms with Gasteiger partial charge in [0.25, 0.3) is 5.91 Å². The van der Waals surface area contributed by atoms with E-state index < -0.39 is 0 Å². The number of ether oxygens (including phenoxy) is 1. The molecule has 0 fully saturated rings. The number of rotatable bonds is 7. The quantitative estimate of drug-likeness (QED) is 0.854. The Balaban J connectivity index is 1.84. The Morgan fingerprint density at radius 3 is 2.90 bits per heavy atom. The van der Waals surface area contributed by atoms with Crippen LogP contribution in [0.4, 0.5) is 0 Å². The SMILES string of the molecule is CNCc1cccc(OCC(=O)N(C)Cc2cccs2)c1. The molecule has 2 rings (SSSR count). The van der Waals surface area contributed by atoms with Crippen LogP contribution in [-0.4, -0.2) is 31.5 Å².